The first kappa shape index (κ1) is 44.4. The van der Waals surface area contributed by atoms with Gasteiger partial charge in [-0.1, -0.05) is 5.92 Å². The number of ether oxygens (including phenoxy) is 5. The lowest BCUT2D eigenvalue weighted by Gasteiger charge is -2.34. The van der Waals surface area contributed by atoms with Crippen LogP contribution in [0.15, 0.2) is 0 Å². The molecule has 0 heterocycles. The van der Waals surface area contributed by atoms with Crippen LogP contribution in [0, 0.1) is 12.3 Å². The monoisotopic (exact) mass is 687 g/mol. The summed E-state index contributed by atoms with van der Waals surface area (Å²) in [5.74, 6) is 1.63. The fraction of sp³-hybridized carbons (Fsp3) is 0.781. The van der Waals surface area contributed by atoms with Crippen LogP contribution in [0.4, 0.5) is 9.59 Å². The van der Waals surface area contributed by atoms with E-state index in [0.29, 0.717) is 50.5 Å². The van der Waals surface area contributed by atoms with Crippen molar-refractivity contribution in [3.05, 3.63) is 0 Å². The Morgan fingerprint density at radius 3 is 1.46 bits per heavy atom. The van der Waals surface area contributed by atoms with Gasteiger partial charge in [0.1, 0.15) is 24.4 Å². The lowest BCUT2D eigenvalue weighted by Crippen LogP contribution is -2.52. The van der Waals surface area contributed by atoms with Crippen molar-refractivity contribution in [1.29, 1.82) is 0 Å². The smallest absolute Gasteiger partial charge is 0.407 e. The number of carbonyl (C=O) groups is 5. The highest BCUT2D eigenvalue weighted by Crippen LogP contribution is 2.08. The molecule has 276 valence electrons. The standard InChI is InChI=1S/C32H58N6O10/c1-9-20-44-21-22-45-23-24-46-25-28(41)35-16-19-38(8,17-10-26(39)33-12-14-36-29(42)47-31(2,3)4)18-11-27(40)34-13-15-37-30(43)48-32(5,6)7/h1H,10-25H2,2-8H3,(H4-,33,34,35,36,37,39,40,41,42,43)/p+1. The number of amides is 5. The Hall–Kier alpha value is -3.65. The van der Waals surface area contributed by atoms with E-state index in [-0.39, 0.29) is 76.6 Å². The Balaban J connectivity index is 4.73. The molecule has 0 aliphatic carbocycles. The summed E-state index contributed by atoms with van der Waals surface area (Å²) in [5.41, 5.74) is -1.24. The summed E-state index contributed by atoms with van der Waals surface area (Å²) in [6.45, 7) is 14.3. The minimum atomic E-state index is -0.621. The minimum absolute atomic E-state index is 0.139. The Morgan fingerprint density at radius 1 is 0.583 bits per heavy atom. The van der Waals surface area contributed by atoms with Crippen LogP contribution in [0.25, 0.3) is 0 Å². The molecule has 16 heteroatoms. The quantitative estimate of drug-likeness (QED) is 0.0536. The molecule has 0 atom stereocenters. The molecule has 0 spiro atoms. The maximum absolute atomic E-state index is 12.6. The molecular formula is C32H59N6O10+. The summed E-state index contributed by atoms with van der Waals surface area (Å²) >= 11 is 0. The zero-order valence-corrected chi connectivity index (χ0v) is 29.9. The second-order valence-electron chi connectivity index (χ2n) is 13.1. The van der Waals surface area contributed by atoms with Crippen molar-refractivity contribution in [3.8, 4) is 12.3 Å². The van der Waals surface area contributed by atoms with E-state index in [0.717, 1.165) is 0 Å². The Kier molecular flexibility index (Phi) is 22.6. The van der Waals surface area contributed by atoms with Crippen LogP contribution in [0.1, 0.15) is 54.4 Å². The highest BCUT2D eigenvalue weighted by Gasteiger charge is 2.24. The summed E-state index contributed by atoms with van der Waals surface area (Å²) in [6.07, 6.45) is 4.29. The number of terminal acetylenes is 1. The molecule has 0 fully saturated rings. The van der Waals surface area contributed by atoms with Crippen molar-refractivity contribution in [2.24, 2.45) is 0 Å². The van der Waals surface area contributed by atoms with E-state index in [9.17, 15) is 24.0 Å². The van der Waals surface area contributed by atoms with E-state index >= 15 is 0 Å². The van der Waals surface area contributed by atoms with E-state index in [1.54, 1.807) is 41.5 Å². The number of hydrogen-bond acceptors (Lipinski definition) is 10. The zero-order valence-electron chi connectivity index (χ0n) is 29.9. The Bertz CT molecular complexity index is 968. The van der Waals surface area contributed by atoms with Gasteiger partial charge in [-0.2, -0.15) is 0 Å². The number of hydrogen-bond donors (Lipinski definition) is 5. The van der Waals surface area contributed by atoms with Gasteiger partial charge in [0.05, 0.1) is 72.5 Å². The fourth-order valence-electron chi connectivity index (χ4n) is 3.77. The van der Waals surface area contributed by atoms with Gasteiger partial charge in [-0.15, -0.1) is 6.42 Å². The Labute approximate surface area is 285 Å². The number of likely N-dealkylation sites (N-methyl/N-ethyl adjacent to an activating group) is 1. The molecule has 16 nitrogen and oxygen atoms in total. The SMILES string of the molecule is C#CCOCCOCCOCC(=O)NCC[N+](C)(CCC(=O)NCCNC(=O)OC(C)(C)C)CCC(=O)NCCNC(=O)OC(C)(C)C. The van der Waals surface area contributed by atoms with E-state index in [4.69, 9.17) is 30.1 Å². The third kappa shape index (κ3) is 28.6. The number of nitrogens with one attached hydrogen (secondary N) is 5. The van der Waals surface area contributed by atoms with Gasteiger partial charge >= 0.3 is 12.2 Å². The average Bonchev–Trinajstić information content (AvgIpc) is 2.97. The molecule has 0 saturated heterocycles. The lowest BCUT2D eigenvalue weighted by atomic mass is 10.2. The number of nitrogens with zero attached hydrogens (tertiary/aromatic N) is 1. The normalized spacial score (nSPS) is 11.5. The van der Waals surface area contributed by atoms with Crippen molar-refractivity contribution >= 4 is 29.9 Å². The number of rotatable bonds is 24. The van der Waals surface area contributed by atoms with Crippen LogP contribution in [0.3, 0.4) is 0 Å². The number of alkyl carbamates (subject to hydrolysis) is 2. The largest absolute Gasteiger partial charge is 0.444 e. The fourth-order valence-corrected chi connectivity index (χ4v) is 3.77. The van der Waals surface area contributed by atoms with Crippen molar-refractivity contribution in [1.82, 2.24) is 26.6 Å². The van der Waals surface area contributed by atoms with Crippen LogP contribution >= 0.6 is 0 Å². The summed E-state index contributed by atoms with van der Waals surface area (Å²) in [5, 5.41) is 13.5. The first-order valence-electron chi connectivity index (χ1n) is 16.2. The van der Waals surface area contributed by atoms with Gasteiger partial charge < -0.3 is 54.8 Å². The van der Waals surface area contributed by atoms with Crippen molar-refractivity contribution < 1.29 is 52.1 Å². The molecule has 0 aromatic carbocycles. The third-order valence-corrected chi connectivity index (χ3v) is 6.12. The molecular weight excluding hydrogens is 628 g/mol. The number of carbonyl (C=O) groups excluding carboxylic acids is 5. The predicted molar refractivity (Wildman–Crippen MR) is 179 cm³/mol. The summed E-state index contributed by atoms with van der Waals surface area (Å²) < 4.78 is 26.4. The van der Waals surface area contributed by atoms with Gasteiger partial charge in [0.2, 0.25) is 17.7 Å². The highest BCUT2D eigenvalue weighted by atomic mass is 16.6. The van der Waals surface area contributed by atoms with Crippen molar-refractivity contribution in [3.63, 3.8) is 0 Å². The van der Waals surface area contributed by atoms with Crippen LogP contribution in [-0.4, -0.2) is 145 Å². The average molecular weight is 688 g/mol. The first-order chi connectivity index (χ1) is 22.4. The molecule has 0 aliphatic heterocycles. The predicted octanol–water partition coefficient (Wildman–Crippen LogP) is 0.294. The molecule has 0 bridgehead atoms. The molecule has 0 aromatic heterocycles. The van der Waals surface area contributed by atoms with Gasteiger partial charge in [0.15, 0.2) is 0 Å². The maximum atomic E-state index is 12.6. The van der Waals surface area contributed by atoms with Gasteiger partial charge in [-0.3, -0.25) is 14.4 Å². The van der Waals surface area contributed by atoms with Crippen LogP contribution < -0.4 is 26.6 Å². The van der Waals surface area contributed by atoms with Gasteiger partial charge in [0.25, 0.3) is 0 Å². The second-order valence-corrected chi connectivity index (χ2v) is 13.1. The Morgan fingerprint density at radius 2 is 1.00 bits per heavy atom. The molecule has 0 unspecified atom stereocenters. The molecule has 0 rings (SSSR count). The van der Waals surface area contributed by atoms with Gasteiger partial charge in [0, 0.05) is 26.2 Å². The highest BCUT2D eigenvalue weighted by molar-refractivity contribution is 5.77. The molecule has 5 amide bonds. The molecule has 48 heavy (non-hydrogen) atoms. The van der Waals surface area contributed by atoms with Crippen LogP contribution in [0.2, 0.25) is 0 Å². The molecule has 5 N–H and O–H groups in total. The number of quaternary nitrogens is 1. The third-order valence-electron chi connectivity index (χ3n) is 6.12. The second kappa shape index (κ2) is 24.5. The van der Waals surface area contributed by atoms with E-state index in [2.05, 4.69) is 32.5 Å². The van der Waals surface area contributed by atoms with Crippen molar-refractivity contribution in [2.75, 3.05) is 99.0 Å². The summed E-state index contributed by atoms with van der Waals surface area (Å²) in [7, 11) is 1.90. The summed E-state index contributed by atoms with van der Waals surface area (Å²) in [4.78, 5) is 61.0. The first-order valence-corrected chi connectivity index (χ1v) is 16.2. The molecule has 0 radical (unpaired) electrons. The molecule has 0 saturated carbocycles. The van der Waals surface area contributed by atoms with Gasteiger partial charge in [-0.05, 0) is 41.5 Å². The summed E-state index contributed by atoms with van der Waals surface area (Å²) in [6, 6.07) is 0. The molecule has 0 aliphatic rings. The topological polar surface area (TPSA) is 192 Å². The lowest BCUT2D eigenvalue weighted by molar-refractivity contribution is -0.907. The van der Waals surface area contributed by atoms with Crippen LogP contribution in [-0.2, 0) is 38.1 Å². The van der Waals surface area contributed by atoms with E-state index in [1.807, 2.05) is 7.05 Å². The van der Waals surface area contributed by atoms with Crippen LogP contribution in [0.5, 0.6) is 0 Å². The zero-order chi connectivity index (χ0) is 36.5. The maximum Gasteiger partial charge on any atom is 0.407 e. The van der Waals surface area contributed by atoms with E-state index < -0.39 is 23.4 Å². The van der Waals surface area contributed by atoms with Crippen molar-refractivity contribution in [2.45, 2.75) is 65.6 Å². The van der Waals surface area contributed by atoms with E-state index in [1.165, 1.54) is 0 Å². The van der Waals surface area contributed by atoms with Gasteiger partial charge in [-0.25, -0.2) is 9.59 Å². The molecule has 0 aromatic rings. The minimum Gasteiger partial charge on any atom is -0.444 e.